The number of unbranched alkanes of at least 4 members (excludes halogenated alkanes) is 1. The molecule has 0 fully saturated rings. The van der Waals surface area contributed by atoms with Gasteiger partial charge in [-0.05, 0) is 36.1 Å². The van der Waals surface area contributed by atoms with Crippen LogP contribution in [-0.4, -0.2) is 41.1 Å². The van der Waals surface area contributed by atoms with Crippen molar-refractivity contribution in [2.24, 2.45) is 0 Å². The highest BCUT2D eigenvalue weighted by atomic mass is 16.5. The van der Waals surface area contributed by atoms with Crippen molar-refractivity contribution in [3.63, 3.8) is 0 Å². The Morgan fingerprint density at radius 3 is 2.83 bits per heavy atom. The molecule has 3 heterocycles. The van der Waals surface area contributed by atoms with E-state index in [-0.39, 0.29) is 0 Å². The molecule has 0 saturated carbocycles. The summed E-state index contributed by atoms with van der Waals surface area (Å²) in [6.07, 6.45) is 3.89. The third-order valence-corrected chi connectivity index (χ3v) is 6.05. The van der Waals surface area contributed by atoms with Gasteiger partial charge in [0, 0.05) is 38.2 Å². The van der Waals surface area contributed by atoms with E-state index >= 15 is 0 Å². The molecule has 0 spiro atoms. The number of hydrogen-bond acceptors (Lipinski definition) is 6. The van der Waals surface area contributed by atoms with E-state index in [1.54, 1.807) is 0 Å². The molecular weight excluding hydrogens is 374 g/mol. The summed E-state index contributed by atoms with van der Waals surface area (Å²) in [5, 5.41) is 0. The molecule has 2 aliphatic heterocycles. The third kappa shape index (κ3) is 4.43. The van der Waals surface area contributed by atoms with Gasteiger partial charge in [-0.25, -0.2) is 0 Å². The molecule has 4 rings (SSSR count). The molecule has 1 aromatic carbocycles. The van der Waals surface area contributed by atoms with Crippen molar-refractivity contribution in [1.82, 2.24) is 14.9 Å². The van der Waals surface area contributed by atoms with Crippen LogP contribution in [0.4, 0.5) is 11.6 Å². The molecule has 0 bridgehead atoms. The number of hydrogen-bond donors (Lipinski definition) is 1. The molecule has 0 amide bonds. The van der Waals surface area contributed by atoms with Gasteiger partial charge in [-0.2, -0.15) is 9.97 Å². The second-order valence-electron chi connectivity index (χ2n) is 8.40. The van der Waals surface area contributed by atoms with Gasteiger partial charge in [-0.15, -0.1) is 0 Å². The first-order valence-electron chi connectivity index (χ1n) is 11.1. The van der Waals surface area contributed by atoms with Crippen molar-refractivity contribution in [3.05, 3.63) is 52.6 Å². The molecule has 6 heteroatoms. The van der Waals surface area contributed by atoms with Crippen molar-refractivity contribution in [2.45, 2.75) is 52.6 Å². The number of rotatable bonds is 7. The number of nitrogen functional groups attached to an aromatic ring is 1. The number of nitrogens with two attached hydrogens (primary N) is 1. The van der Waals surface area contributed by atoms with Gasteiger partial charge in [0.25, 0.3) is 0 Å². The van der Waals surface area contributed by atoms with Gasteiger partial charge in [-0.1, -0.05) is 50.6 Å². The third-order valence-electron chi connectivity index (χ3n) is 6.05. The van der Waals surface area contributed by atoms with Crippen LogP contribution in [0.15, 0.2) is 30.4 Å². The molecule has 0 saturated heterocycles. The van der Waals surface area contributed by atoms with Crippen LogP contribution in [0, 0.1) is 0 Å². The number of nitrogens with zero attached hydrogens (tertiary/aromatic N) is 4. The minimum Gasteiger partial charge on any atom is -0.463 e. The molecular formula is C24H33N5O. The summed E-state index contributed by atoms with van der Waals surface area (Å²) < 4.78 is 5.76. The van der Waals surface area contributed by atoms with E-state index in [2.05, 4.69) is 53.4 Å². The van der Waals surface area contributed by atoms with Crippen molar-refractivity contribution >= 4 is 11.6 Å². The Morgan fingerprint density at radius 1 is 1.17 bits per heavy atom. The maximum absolute atomic E-state index is 6.28. The van der Waals surface area contributed by atoms with Crippen molar-refractivity contribution in [1.29, 1.82) is 0 Å². The summed E-state index contributed by atoms with van der Waals surface area (Å²) in [5.41, 5.74) is 12.6. The Bertz CT molecular complexity index is 926. The zero-order chi connectivity index (χ0) is 21.1. The quantitative estimate of drug-likeness (QED) is 0.557. The van der Waals surface area contributed by atoms with Crippen LogP contribution in [-0.2, 0) is 25.9 Å². The fraction of sp³-hybridized carbons (Fsp3) is 0.500. The van der Waals surface area contributed by atoms with Gasteiger partial charge >= 0.3 is 6.01 Å². The van der Waals surface area contributed by atoms with Gasteiger partial charge in [0.15, 0.2) is 0 Å². The largest absolute Gasteiger partial charge is 0.463 e. The zero-order valence-corrected chi connectivity index (χ0v) is 18.3. The summed E-state index contributed by atoms with van der Waals surface area (Å²) in [6.45, 7) is 14.1. The van der Waals surface area contributed by atoms with Gasteiger partial charge < -0.3 is 15.4 Å². The Balaban J connectivity index is 1.57. The molecule has 0 atom stereocenters. The predicted octanol–water partition coefficient (Wildman–Crippen LogP) is 3.73. The van der Waals surface area contributed by atoms with Crippen molar-refractivity contribution in [2.75, 3.05) is 36.9 Å². The predicted molar refractivity (Wildman–Crippen MR) is 122 cm³/mol. The van der Waals surface area contributed by atoms with Gasteiger partial charge in [-0.3, -0.25) is 4.90 Å². The second-order valence-corrected chi connectivity index (χ2v) is 8.40. The van der Waals surface area contributed by atoms with Gasteiger partial charge in [0.05, 0.1) is 6.61 Å². The number of benzene rings is 1. The highest BCUT2D eigenvalue weighted by molar-refractivity contribution is 5.62. The average Bonchev–Trinajstić information content (AvgIpc) is 2.74. The highest BCUT2D eigenvalue weighted by Crippen LogP contribution is 2.33. The van der Waals surface area contributed by atoms with E-state index in [1.165, 1.54) is 16.7 Å². The van der Waals surface area contributed by atoms with E-state index in [4.69, 9.17) is 15.5 Å². The van der Waals surface area contributed by atoms with E-state index < -0.39 is 0 Å². The second kappa shape index (κ2) is 9.04. The minimum absolute atomic E-state index is 0.377. The molecule has 0 aliphatic carbocycles. The highest BCUT2D eigenvalue weighted by Gasteiger charge is 2.25. The lowest BCUT2D eigenvalue weighted by atomic mass is 9.96. The molecule has 0 radical (unpaired) electrons. The summed E-state index contributed by atoms with van der Waals surface area (Å²) in [5.74, 6) is 1.39. The number of anilines is 2. The monoisotopic (exact) mass is 407 g/mol. The molecule has 2 N–H and O–H groups in total. The molecule has 2 aromatic rings. The SMILES string of the molecule is C=C1Cc2c(N)nc(OCCCC)nc2N(Cc2ccc3c(c2)CCN(CC)C3)C1. The molecule has 6 nitrogen and oxygen atoms in total. The first-order chi connectivity index (χ1) is 14.6. The van der Waals surface area contributed by atoms with E-state index in [9.17, 15) is 0 Å². The standard InChI is InChI=1S/C24H33N5O/c1-4-6-11-30-24-26-22(25)21-12-17(3)14-29(23(21)27-24)15-18-7-8-20-16-28(5-2)10-9-19(20)13-18/h7-8,13H,3-6,9-12,14-16H2,1-2H3,(H2,25,26,27). The van der Waals surface area contributed by atoms with Crippen LogP contribution < -0.4 is 15.4 Å². The first kappa shape index (κ1) is 20.7. The van der Waals surface area contributed by atoms with Crippen LogP contribution in [0.5, 0.6) is 6.01 Å². The summed E-state index contributed by atoms with van der Waals surface area (Å²) in [7, 11) is 0. The van der Waals surface area contributed by atoms with Crippen LogP contribution >= 0.6 is 0 Å². The van der Waals surface area contributed by atoms with E-state index in [0.29, 0.717) is 18.4 Å². The average molecular weight is 408 g/mol. The fourth-order valence-corrected chi connectivity index (χ4v) is 4.31. The Labute approximate surface area is 179 Å². The Morgan fingerprint density at radius 2 is 2.03 bits per heavy atom. The van der Waals surface area contributed by atoms with E-state index in [1.807, 2.05) is 0 Å². The van der Waals surface area contributed by atoms with Crippen LogP contribution in [0.2, 0.25) is 0 Å². The van der Waals surface area contributed by atoms with Gasteiger partial charge in [0.2, 0.25) is 0 Å². The number of ether oxygens (including phenoxy) is 1. The molecule has 160 valence electrons. The van der Waals surface area contributed by atoms with Crippen molar-refractivity contribution < 1.29 is 4.74 Å². The van der Waals surface area contributed by atoms with Crippen molar-refractivity contribution in [3.8, 4) is 6.01 Å². The number of fused-ring (bicyclic) bond motifs is 2. The van der Waals surface area contributed by atoms with Crippen LogP contribution in [0.1, 0.15) is 48.9 Å². The molecule has 30 heavy (non-hydrogen) atoms. The smallest absolute Gasteiger partial charge is 0.320 e. The Hall–Kier alpha value is -2.60. The van der Waals surface area contributed by atoms with E-state index in [0.717, 1.165) is 75.4 Å². The summed E-state index contributed by atoms with van der Waals surface area (Å²) in [4.78, 5) is 13.9. The number of aromatic nitrogens is 2. The topological polar surface area (TPSA) is 67.5 Å². The fourth-order valence-electron chi connectivity index (χ4n) is 4.31. The number of likely N-dealkylation sites (N-methyl/N-ethyl adjacent to an activating group) is 1. The summed E-state index contributed by atoms with van der Waals surface area (Å²) in [6, 6.07) is 7.28. The lowest BCUT2D eigenvalue weighted by Gasteiger charge is -2.33. The first-order valence-corrected chi connectivity index (χ1v) is 11.1. The van der Waals surface area contributed by atoms with Crippen LogP contribution in [0.25, 0.3) is 0 Å². The zero-order valence-electron chi connectivity index (χ0n) is 18.3. The molecule has 1 aromatic heterocycles. The molecule has 2 aliphatic rings. The lowest BCUT2D eigenvalue weighted by molar-refractivity contribution is 0.268. The van der Waals surface area contributed by atoms with Crippen LogP contribution in [0.3, 0.4) is 0 Å². The Kier molecular flexibility index (Phi) is 6.23. The maximum atomic E-state index is 6.28. The van der Waals surface area contributed by atoms with Gasteiger partial charge in [0.1, 0.15) is 11.6 Å². The minimum atomic E-state index is 0.377. The maximum Gasteiger partial charge on any atom is 0.320 e. The normalized spacial score (nSPS) is 16.3. The molecule has 0 unspecified atom stereocenters. The summed E-state index contributed by atoms with van der Waals surface area (Å²) >= 11 is 0. The lowest BCUT2D eigenvalue weighted by Crippen LogP contribution is -2.33.